The standard InChI is InChI=1S/C32H34N6O/c39-32(24-17-19-33-20-18-24)35-29(21-25-22-34-28-14-8-7-13-27(25)28)31-37-36-30(16-15-23-9-3-1-4-10-23)38(31)26-11-5-2-6-12-26/h1-14,22,24,29,33-34H,15-21H2,(H,35,39). The number of carbonyl (C=O) groups is 1. The fourth-order valence-electron chi connectivity index (χ4n) is 5.58. The zero-order valence-electron chi connectivity index (χ0n) is 22.0. The van der Waals surface area contributed by atoms with Crippen LogP contribution in [0.2, 0.25) is 0 Å². The average molecular weight is 519 g/mol. The van der Waals surface area contributed by atoms with Gasteiger partial charge in [0.1, 0.15) is 5.82 Å². The maximum absolute atomic E-state index is 13.5. The van der Waals surface area contributed by atoms with Crippen LogP contribution in [0.1, 0.15) is 41.7 Å². The van der Waals surface area contributed by atoms with Crippen molar-refractivity contribution in [1.82, 2.24) is 30.4 Å². The largest absolute Gasteiger partial charge is 0.361 e. The number of para-hydroxylation sites is 2. The Labute approximate surface area is 228 Å². The summed E-state index contributed by atoms with van der Waals surface area (Å²) in [4.78, 5) is 16.9. The molecule has 3 aromatic carbocycles. The van der Waals surface area contributed by atoms with E-state index in [1.807, 2.05) is 36.5 Å². The molecule has 39 heavy (non-hydrogen) atoms. The number of H-pyrrole nitrogens is 1. The number of nitrogens with zero attached hydrogens (tertiary/aromatic N) is 3. The molecule has 1 atom stereocenters. The van der Waals surface area contributed by atoms with Crippen LogP contribution in [0.25, 0.3) is 16.6 Å². The molecular formula is C32H34N6O. The number of nitrogens with one attached hydrogen (secondary N) is 3. The van der Waals surface area contributed by atoms with Gasteiger partial charge < -0.3 is 15.6 Å². The molecule has 7 heteroatoms. The van der Waals surface area contributed by atoms with Crippen LogP contribution in [0.5, 0.6) is 0 Å². The molecule has 0 bridgehead atoms. The minimum absolute atomic E-state index is 0.00219. The van der Waals surface area contributed by atoms with Crippen LogP contribution in [-0.4, -0.2) is 38.7 Å². The van der Waals surface area contributed by atoms with Gasteiger partial charge in [0.25, 0.3) is 0 Å². The van der Waals surface area contributed by atoms with Crippen molar-refractivity contribution in [1.29, 1.82) is 0 Å². The number of aromatic nitrogens is 4. The van der Waals surface area contributed by atoms with Crippen LogP contribution in [0, 0.1) is 5.92 Å². The van der Waals surface area contributed by atoms with Crippen LogP contribution < -0.4 is 10.6 Å². The van der Waals surface area contributed by atoms with Gasteiger partial charge in [0.2, 0.25) is 5.91 Å². The second kappa shape index (κ2) is 11.7. The van der Waals surface area contributed by atoms with Crippen molar-refractivity contribution in [3.05, 3.63) is 114 Å². The highest BCUT2D eigenvalue weighted by molar-refractivity contribution is 5.83. The van der Waals surface area contributed by atoms with Crippen molar-refractivity contribution >= 4 is 16.8 Å². The fraction of sp³-hybridized carbons (Fsp3) is 0.281. The summed E-state index contributed by atoms with van der Waals surface area (Å²) < 4.78 is 2.14. The van der Waals surface area contributed by atoms with E-state index in [1.165, 1.54) is 5.56 Å². The summed E-state index contributed by atoms with van der Waals surface area (Å²) in [6.07, 6.45) is 5.96. The van der Waals surface area contributed by atoms with Gasteiger partial charge in [0.05, 0.1) is 6.04 Å². The van der Waals surface area contributed by atoms with E-state index in [-0.39, 0.29) is 17.9 Å². The monoisotopic (exact) mass is 518 g/mol. The zero-order valence-corrected chi connectivity index (χ0v) is 22.0. The Morgan fingerprint density at radius 3 is 2.41 bits per heavy atom. The van der Waals surface area contributed by atoms with Crippen LogP contribution in [0.3, 0.4) is 0 Å². The van der Waals surface area contributed by atoms with Crippen molar-refractivity contribution < 1.29 is 4.79 Å². The summed E-state index contributed by atoms with van der Waals surface area (Å²) in [5.41, 5.74) is 4.50. The molecule has 1 saturated heterocycles. The Balaban J connectivity index is 1.38. The van der Waals surface area contributed by atoms with E-state index >= 15 is 0 Å². The minimum Gasteiger partial charge on any atom is -0.361 e. The highest BCUT2D eigenvalue weighted by Gasteiger charge is 2.29. The topological polar surface area (TPSA) is 87.6 Å². The summed E-state index contributed by atoms with van der Waals surface area (Å²) in [5, 5.41) is 17.3. The van der Waals surface area contributed by atoms with Gasteiger partial charge in [-0.2, -0.15) is 0 Å². The predicted molar refractivity (Wildman–Crippen MR) is 154 cm³/mol. The molecule has 1 aliphatic rings. The SMILES string of the molecule is O=C(NC(Cc1c[nH]c2ccccc12)c1nnc(CCc2ccccc2)n1-c1ccccc1)C1CCNCC1. The summed E-state index contributed by atoms with van der Waals surface area (Å²) in [7, 11) is 0. The summed E-state index contributed by atoms with van der Waals surface area (Å²) >= 11 is 0. The molecule has 0 spiro atoms. The number of fused-ring (bicyclic) bond motifs is 1. The lowest BCUT2D eigenvalue weighted by atomic mass is 9.96. The van der Waals surface area contributed by atoms with E-state index in [9.17, 15) is 4.79 Å². The number of benzene rings is 3. The zero-order chi connectivity index (χ0) is 26.4. The third-order valence-corrected chi connectivity index (χ3v) is 7.69. The van der Waals surface area contributed by atoms with Crippen molar-refractivity contribution in [2.75, 3.05) is 13.1 Å². The van der Waals surface area contributed by atoms with Gasteiger partial charge in [-0.05, 0) is 61.7 Å². The first-order chi connectivity index (χ1) is 19.3. The van der Waals surface area contributed by atoms with Gasteiger partial charge in [-0.25, -0.2) is 0 Å². The Morgan fingerprint density at radius 1 is 0.897 bits per heavy atom. The van der Waals surface area contributed by atoms with E-state index in [1.54, 1.807) is 0 Å². The molecular weight excluding hydrogens is 484 g/mol. The molecule has 1 aliphatic heterocycles. The number of aryl methyl sites for hydroxylation is 2. The Bertz CT molecular complexity index is 1520. The number of aromatic amines is 1. The van der Waals surface area contributed by atoms with Gasteiger partial charge in [-0.15, -0.1) is 10.2 Å². The van der Waals surface area contributed by atoms with Gasteiger partial charge in [-0.1, -0.05) is 66.7 Å². The Hall–Kier alpha value is -4.23. The Kier molecular flexibility index (Phi) is 7.50. The van der Waals surface area contributed by atoms with E-state index in [2.05, 4.69) is 79.9 Å². The molecule has 2 aromatic heterocycles. The lowest BCUT2D eigenvalue weighted by molar-refractivity contribution is -0.126. The van der Waals surface area contributed by atoms with Crippen molar-refractivity contribution in [2.24, 2.45) is 5.92 Å². The molecule has 0 radical (unpaired) electrons. The number of hydrogen-bond donors (Lipinski definition) is 3. The van der Waals surface area contributed by atoms with Gasteiger partial charge in [0, 0.05) is 41.5 Å². The smallest absolute Gasteiger partial charge is 0.223 e. The first kappa shape index (κ1) is 25.1. The summed E-state index contributed by atoms with van der Waals surface area (Å²) in [6.45, 7) is 1.74. The second-order valence-corrected chi connectivity index (χ2v) is 10.3. The molecule has 5 aromatic rings. The molecule has 3 N–H and O–H groups in total. The number of rotatable bonds is 9. The van der Waals surface area contributed by atoms with Crippen molar-refractivity contribution in [3.8, 4) is 5.69 Å². The van der Waals surface area contributed by atoms with Crippen LogP contribution >= 0.6 is 0 Å². The molecule has 198 valence electrons. The number of carbonyl (C=O) groups excluding carboxylic acids is 1. The fourth-order valence-corrected chi connectivity index (χ4v) is 5.58. The van der Waals surface area contributed by atoms with Gasteiger partial charge in [-0.3, -0.25) is 9.36 Å². The third kappa shape index (κ3) is 5.64. The number of hydrogen-bond acceptors (Lipinski definition) is 4. The molecule has 0 aliphatic carbocycles. The summed E-state index contributed by atoms with van der Waals surface area (Å²) in [5.74, 6) is 1.74. The Morgan fingerprint density at radius 2 is 1.62 bits per heavy atom. The lowest BCUT2D eigenvalue weighted by Crippen LogP contribution is -2.40. The third-order valence-electron chi connectivity index (χ3n) is 7.69. The van der Waals surface area contributed by atoms with E-state index < -0.39 is 0 Å². The quantitative estimate of drug-likeness (QED) is 0.258. The molecule has 6 rings (SSSR count). The van der Waals surface area contributed by atoms with Crippen LogP contribution in [-0.2, 0) is 24.1 Å². The first-order valence-electron chi connectivity index (χ1n) is 13.9. The molecule has 3 heterocycles. The predicted octanol–water partition coefficient (Wildman–Crippen LogP) is 4.93. The highest BCUT2D eigenvalue weighted by Crippen LogP contribution is 2.27. The number of amides is 1. The first-order valence-corrected chi connectivity index (χ1v) is 13.9. The molecule has 1 unspecified atom stereocenters. The molecule has 1 fully saturated rings. The van der Waals surface area contributed by atoms with E-state index in [4.69, 9.17) is 5.10 Å². The maximum Gasteiger partial charge on any atom is 0.223 e. The van der Waals surface area contributed by atoms with Gasteiger partial charge >= 0.3 is 0 Å². The molecule has 1 amide bonds. The van der Waals surface area contributed by atoms with Crippen molar-refractivity contribution in [3.63, 3.8) is 0 Å². The normalized spacial score (nSPS) is 14.9. The van der Waals surface area contributed by atoms with Crippen LogP contribution in [0.15, 0.2) is 91.1 Å². The second-order valence-electron chi connectivity index (χ2n) is 10.3. The average Bonchev–Trinajstić information content (AvgIpc) is 3.61. The van der Waals surface area contributed by atoms with E-state index in [0.717, 1.165) is 72.6 Å². The van der Waals surface area contributed by atoms with Crippen molar-refractivity contribution in [2.45, 2.75) is 38.1 Å². The van der Waals surface area contributed by atoms with Crippen LogP contribution in [0.4, 0.5) is 0 Å². The summed E-state index contributed by atoms with van der Waals surface area (Å²) in [6, 6.07) is 28.6. The maximum atomic E-state index is 13.5. The highest BCUT2D eigenvalue weighted by atomic mass is 16.2. The number of piperidine rings is 1. The lowest BCUT2D eigenvalue weighted by Gasteiger charge is -2.25. The van der Waals surface area contributed by atoms with E-state index in [0.29, 0.717) is 6.42 Å². The molecule has 0 saturated carbocycles. The minimum atomic E-state index is -0.329. The van der Waals surface area contributed by atoms with Gasteiger partial charge in [0.15, 0.2) is 5.82 Å². The molecule has 7 nitrogen and oxygen atoms in total.